The molecule has 2 aliphatic rings. The summed E-state index contributed by atoms with van der Waals surface area (Å²) in [4.78, 5) is 27.1. The second-order valence-corrected chi connectivity index (χ2v) is 6.09. The van der Waals surface area contributed by atoms with E-state index >= 15 is 0 Å². The average Bonchev–Trinajstić information content (AvgIpc) is 2.53. The standard InChI is InChI=1S/C16H17ClN2O3/c17-14-2-1-6-18(10-14)16(22)19-7-5-11-8-12(15(20)21)3-4-13(11)9-19/h2-4,8H,1,5-7,9-10H2,(H,20,21). The highest BCUT2D eigenvalue weighted by Gasteiger charge is 2.26. The number of urea groups is 1. The van der Waals surface area contributed by atoms with Crippen molar-refractivity contribution >= 4 is 23.6 Å². The molecule has 0 spiro atoms. The van der Waals surface area contributed by atoms with Crippen LogP contribution in [0.5, 0.6) is 0 Å². The number of hydrogen-bond donors (Lipinski definition) is 1. The zero-order valence-electron chi connectivity index (χ0n) is 12.1. The first-order valence-corrected chi connectivity index (χ1v) is 7.66. The molecule has 1 aromatic carbocycles. The Balaban J connectivity index is 1.73. The topological polar surface area (TPSA) is 60.9 Å². The van der Waals surface area contributed by atoms with Crippen LogP contribution in [0.3, 0.4) is 0 Å². The first kappa shape index (κ1) is 14.9. The number of halogens is 1. The molecule has 0 saturated carbocycles. The molecule has 0 unspecified atom stereocenters. The molecule has 0 aliphatic carbocycles. The van der Waals surface area contributed by atoms with Gasteiger partial charge in [0.05, 0.1) is 12.1 Å². The van der Waals surface area contributed by atoms with E-state index in [0.29, 0.717) is 43.2 Å². The molecule has 0 radical (unpaired) electrons. The smallest absolute Gasteiger partial charge is 0.335 e. The van der Waals surface area contributed by atoms with Crippen LogP contribution in [-0.4, -0.2) is 46.5 Å². The molecule has 6 heteroatoms. The van der Waals surface area contributed by atoms with Gasteiger partial charge in [0.15, 0.2) is 0 Å². The molecule has 22 heavy (non-hydrogen) atoms. The van der Waals surface area contributed by atoms with Gasteiger partial charge < -0.3 is 14.9 Å². The SMILES string of the molecule is O=C(O)c1ccc2c(c1)CCN(C(=O)N1CCC=C(Cl)C1)C2. The van der Waals surface area contributed by atoms with Crippen LogP contribution in [0.25, 0.3) is 0 Å². The van der Waals surface area contributed by atoms with Gasteiger partial charge in [0.2, 0.25) is 0 Å². The number of hydrogen-bond acceptors (Lipinski definition) is 2. The summed E-state index contributed by atoms with van der Waals surface area (Å²) in [7, 11) is 0. The van der Waals surface area contributed by atoms with Crippen molar-refractivity contribution in [1.29, 1.82) is 0 Å². The second-order valence-electron chi connectivity index (χ2n) is 5.60. The number of fused-ring (bicyclic) bond motifs is 1. The molecule has 0 saturated heterocycles. The van der Waals surface area contributed by atoms with Crippen molar-refractivity contribution in [3.05, 3.63) is 46.0 Å². The van der Waals surface area contributed by atoms with Crippen molar-refractivity contribution in [2.24, 2.45) is 0 Å². The Bertz CT molecular complexity index is 657. The Kier molecular flexibility index (Phi) is 4.07. The van der Waals surface area contributed by atoms with E-state index in [1.807, 2.05) is 6.08 Å². The monoisotopic (exact) mass is 320 g/mol. The summed E-state index contributed by atoms with van der Waals surface area (Å²) in [5.41, 5.74) is 2.33. The number of amides is 2. The van der Waals surface area contributed by atoms with Gasteiger partial charge in [-0.2, -0.15) is 0 Å². The highest BCUT2D eigenvalue weighted by molar-refractivity contribution is 6.30. The van der Waals surface area contributed by atoms with E-state index in [1.165, 1.54) is 0 Å². The van der Waals surface area contributed by atoms with Crippen molar-refractivity contribution in [3.8, 4) is 0 Å². The molecule has 0 aromatic heterocycles. The lowest BCUT2D eigenvalue weighted by Crippen LogP contribution is -2.46. The van der Waals surface area contributed by atoms with E-state index in [0.717, 1.165) is 17.5 Å². The first-order valence-electron chi connectivity index (χ1n) is 7.28. The minimum absolute atomic E-state index is 0.000730. The molecule has 116 valence electrons. The molecule has 0 atom stereocenters. The molecular weight excluding hydrogens is 304 g/mol. The maximum Gasteiger partial charge on any atom is 0.335 e. The van der Waals surface area contributed by atoms with Crippen molar-refractivity contribution in [2.75, 3.05) is 19.6 Å². The van der Waals surface area contributed by atoms with Crippen molar-refractivity contribution in [2.45, 2.75) is 19.4 Å². The number of carbonyl (C=O) groups is 2. The van der Waals surface area contributed by atoms with Crippen LogP contribution >= 0.6 is 11.6 Å². The van der Waals surface area contributed by atoms with Gasteiger partial charge in [-0.15, -0.1) is 0 Å². The van der Waals surface area contributed by atoms with E-state index in [4.69, 9.17) is 16.7 Å². The number of aromatic carboxylic acids is 1. The summed E-state index contributed by atoms with van der Waals surface area (Å²) in [5, 5.41) is 9.74. The van der Waals surface area contributed by atoms with E-state index in [1.54, 1.807) is 28.0 Å². The third-order valence-corrected chi connectivity index (χ3v) is 4.39. The zero-order chi connectivity index (χ0) is 15.7. The fourth-order valence-electron chi connectivity index (χ4n) is 2.92. The van der Waals surface area contributed by atoms with Gasteiger partial charge in [-0.3, -0.25) is 0 Å². The van der Waals surface area contributed by atoms with Gasteiger partial charge in [-0.1, -0.05) is 23.7 Å². The van der Waals surface area contributed by atoms with Gasteiger partial charge in [-0.05, 0) is 36.1 Å². The third-order valence-electron chi connectivity index (χ3n) is 4.11. The number of carboxylic acid groups (broad SMARTS) is 1. The maximum atomic E-state index is 12.6. The van der Waals surface area contributed by atoms with Crippen LogP contribution in [0.15, 0.2) is 29.3 Å². The van der Waals surface area contributed by atoms with Gasteiger partial charge in [0.25, 0.3) is 0 Å². The minimum atomic E-state index is -0.920. The first-order chi connectivity index (χ1) is 10.5. The van der Waals surface area contributed by atoms with E-state index in [9.17, 15) is 9.59 Å². The second kappa shape index (κ2) is 6.01. The van der Waals surface area contributed by atoms with Crippen LogP contribution in [-0.2, 0) is 13.0 Å². The van der Waals surface area contributed by atoms with E-state index < -0.39 is 5.97 Å². The Morgan fingerprint density at radius 2 is 1.86 bits per heavy atom. The van der Waals surface area contributed by atoms with Gasteiger partial charge in [0.1, 0.15) is 0 Å². The normalized spacial score (nSPS) is 17.8. The molecule has 2 amide bonds. The quantitative estimate of drug-likeness (QED) is 0.865. The van der Waals surface area contributed by atoms with Gasteiger partial charge in [-0.25, -0.2) is 9.59 Å². The highest BCUT2D eigenvalue weighted by atomic mass is 35.5. The van der Waals surface area contributed by atoms with Crippen molar-refractivity contribution in [3.63, 3.8) is 0 Å². The van der Waals surface area contributed by atoms with Crippen LogP contribution < -0.4 is 0 Å². The summed E-state index contributed by atoms with van der Waals surface area (Å²) in [5.74, 6) is -0.920. The number of rotatable bonds is 1. The van der Waals surface area contributed by atoms with Gasteiger partial charge in [0, 0.05) is 24.7 Å². The molecule has 0 bridgehead atoms. The van der Waals surface area contributed by atoms with E-state index in [2.05, 4.69) is 0 Å². The Morgan fingerprint density at radius 3 is 2.59 bits per heavy atom. The molecule has 5 nitrogen and oxygen atoms in total. The molecular formula is C16H17ClN2O3. The summed E-state index contributed by atoms with van der Waals surface area (Å²) in [6, 6.07) is 5.11. The molecule has 2 heterocycles. The molecule has 1 N–H and O–H groups in total. The zero-order valence-corrected chi connectivity index (χ0v) is 12.8. The molecule has 0 fully saturated rings. The highest BCUT2D eigenvalue weighted by Crippen LogP contribution is 2.23. The molecule has 1 aromatic rings. The van der Waals surface area contributed by atoms with Crippen LogP contribution in [0.1, 0.15) is 27.9 Å². The fraction of sp³-hybridized carbons (Fsp3) is 0.375. The van der Waals surface area contributed by atoms with Crippen LogP contribution in [0.4, 0.5) is 4.79 Å². The fourth-order valence-corrected chi connectivity index (χ4v) is 3.17. The van der Waals surface area contributed by atoms with Crippen molar-refractivity contribution < 1.29 is 14.7 Å². The molecule has 3 rings (SSSR count). The lowest BCUT2D eigenvalue weighted by molar-refractivity contribution is 0.0696. The number of benzene rings is 1. The summed E-state index contributed by atoms with van der Waals surface area (Å²) < 4.78 is 0. The van der Waals surface area contributed by atoms with Crippen LogP contribution in [0, 0.1) is 0 Å². The molecule has 2 aliphatic heterocycles. The van der Waals surface area contributed by atoms with Crippen molar-refractivity contribution in [1.82, 2.24) is 9.80 Å². The summed E-state index contributed by atoms with van der Waals surface area (Å²) in [6.45, 7) is 2.29. The summed E-state index contributed by atoms with van der Waals surface area (Å²) in [6.07, 6.45) is 3.42. The number of nitrogens with zero attached hydrogens (tertiary/aromatic N) is 2. The predicted octanol–water partition coefficient (Wildman–Crippen LogP) is 2.69. The van der Waals surface area contributed by atoms with E-state index in [-0.39, 0.29) is 6.03 Å². The summed E-state index contributed by atoms with van der Waals surface area (Å²) >= 11 is 6.02. The number of carbonyl (C=O) groups excluding carboxylic acids is 1. The third kappa shape index (κ3) is 2.95. The lowest BCUT2D eigenvalue weighted by Gasteiger charge is -2.35. The Hall–Kier alpha value is -2.01. The predicted molar refractivity (Wildman–Crippen MR) is 83.0 cm³/mol. The number of carboxylic acids is 1. The average molecular weight is 321 g/mol. The minimum Gasteiger partial charge on any atom is -0.478 e. The lowest BCUT2D eigenvalue weighted by atomic mass is 9.97. The van der Waals surface area contributed by atoms with Gasteiger partial charge >= 0.3 is 12.0 Å². The maximum absolute atomic E-state index is 12.6. The Morgan fingerprint density at radius 1 is 1.09 bits per heavy atom. The Labute approximate surface area is 133 Å². The largest absolute Gasteiger partial charge is 0.478 e. The van der Waals surface area contributed by atoms with Crippen LogP contribution in [0.2, 0.25) is 0 Å².